The van der Waals surface area contributed by atoms with Gasteiger partial charge in [-0.3, -0.25) is 0 Å². The third-order valence-electron chi connectivity index (χ3n) is 4.72. The van der Waals surface area contributed by atoms with Crippen LogP contribution >= 0.6 is 0 Å². The molecule has 0 radical (unpaired) electrons. The summed E-state index contributed by atoms with van der Waals surface area (Å²) in [5.74, 6) is 0.551. The van der Waals surface area contributed by atoms with Crippen molar-refractivity contribution < 1.29 is 9.50 Å². The van der Waals surface area contributed by atoms with Gasteiger partial charge in [-0.1, -0.05) is 31.4 Å². The van der Waals surface area contributed by atoms with E-state index in [9.17, 15) is 9.50 Å². The molecule has 0 bridgehead atoms. The molecule has 1 aromatic heterocycles. The summed E-state index contributed by atoms with van der Waals surface area (Å²) in [6, 6.07) is 6.32. The van der Waals surface area contributed by atoms with Gasteiger partial charge in [0, 0.05) is 26.0 Å². The average Bonchev–Trinajstić information content (AvgIpc) is 2.94. The van der Waals surface area contributed by atoms with Gasteiger partial charge in [0.1, 0.15) is 11.6 Å². The number of rotatable bonds is 5. The number of nitrogens with zero attached hydrogens (tertiary/aromatic N) is 2. The second-order valence-corrected chi connectivity index (χ2v) is 6.55. The van der Waals surface area contributed by atoms with E-state index in [1.165, 1.54) is 18.6 Å². The standard InChI is InChI=1S/C18H24FN3O/c1-22-11-10-20-17(22)16(14-6-5-7-15(19)12-14)21-13-18(23)8-3-2-4-9-18/h5-7,10-12,16,21,23H,2-4,8-9,13H2,1H3. The van der Waals surface area contributed by atoms with Crippen LogP contribution in [0.3, 0.4) is 0 Å². The highest BCUT2D eigenvalue weighted by molar-refractivity contribution is 5.26. The first kappa shape index (κ1) is 16.1. The Bertz CT molecular complexity index is 649. The highest BCUT2D eigenvalue weighted by atomic mass is 19.1. The summed E-state index contributed by atoms with van der Waals surface area (Å²) in [5, 5.41) is 14.1. The smallest absolute Gasteiger partial charge is 0.130 e. The Labute approximate surface area is 136 Å². The maximum Gasteiger partial charge on any atom is 0.130 e. The van der Waals surface area contributed by atoms with Crippen molar-refractivity contribution in [1.29, 1.82) is 0 Å². The number of hydrogen-bond acceptors (Lipinski definition) is 3. The molecule has 4 nitrogen and oxygen atoms in total. The minimum Gasteiger partial charge on any atom is -0.389 e. The first-order valence-electron chi connectivity index (χ1n) is 8.26. The van der Waals surface area contributed by atoms with Gasteiger partial charge in [0.25, 0.3) is 0 Å². The van der Waals surface area contributed by atoms with Crippen LogP contribution in [0, 0.1) is 5.82 Å². The number of benzene rings is 1. The Morgan fingerprint density at radius 2 is 2.13 bits per heavy atom. The van der Waals surface area contributed by atoms with Crippen LogP contribution in [-0.4, -0.2) is 26.8 Å². The summed E-state index contributed by atoms with van der Waals surface area (Å²) < 4.78 is 15.6. The molecule has 1 unspecified atom stereocenters. The number of aliphatic hydroxyl groups is 1. The minimum atomic E-state index is -0.672. The molecule has 23 heavy (non-hydrogen) atoms. The van der Waals surface area contributed by atoms with Gasteiger partial charge in [-0.25, -0.2) is 9.37 Å². The Morgan fingerprint density at radius 1 is 1.35 bits per heavy atom. The maximum absolute atomic E-state index is 13.6. The van der Waals surface area contributed by atoms with E-state index in [2.05, 4.69) is 10.3 Å². The predicted octanol–water partition coefficient (Wildman–Crippen LogP) is 2.93. The van der Waals surface area contributed by atoms with Gasteiger partial charge in [0.05, 0.1) is 11.6 Å². The van der Waals surface area contributed by atoms with Gasteiger partial charge in [-0.05, 0) is 30.5 Å². The molecule has 1 saturated carbocycles. The molecular weight excluding hydrogens is 293 g/mol. The van der Waals surface area contributed by atoms with Crippen LogP contribution in [0.2, 0.25) is 0 Å². The monoisotopic (exact) mass is 317 g/mol. The molecule has 124 valence electrons. The topological polar surface area (TPSA) is 50.1 Å². The van der Waals surface area contributed by atoms with Crippen molar-refractivity contribution in [3.8, 4) is 0 Å². The molecule has 1 aliphatic rings. The Balaban J connectivity index is 1.82. The molecule has 5 heteroatoms. The Hall–Kier alpha value is -1.72. The summed E-state index contributed by atoms with van der Waals surface area (Å²) in [6.07, 6.45) is 8.55. The lowest BCUT2D eigenvalue weighted by Crippen LogP contribution is -2.44. The van der Waals surface area contributed by atoms with Crippen molar-refractivity contribution in [3.63, 3.8) is 0 Å². The van der Waals surface area contributed by atoms with E-state index >= 15 is 0 Å². The molecule has 3 rings (SSSR count). The Kier molecular flexibility index (Phi) is 4.78. The number of aromatic nitrogens is 2. The highest BCUT2D eigenvalue weighted by Gasteiger charge is 2.30. The normalized spacial score (nSPS) is 18.7. The zero-order chi connectivity index (χ0) is 16.3. The van der Waals surface area contributed by atoms with E-state index in [1.807, 2.05) is 23.9 Å². The van der Waals surface area contributed by atoms with Gasteiger partial charge in [0.15, 0.2) is 0 Å². The van der Waals surface area contributed by atoms with Crippen LogP contribution in [0.15, 0.2) is 36.7 Å². The molecule has 2 N–H and O–H groups in total. The fraction of sp³-hybridized carbons (Fsp3) is 0.500. The van der Waals surface area contributed by atoms with Gasteiger partial charge >= 0.3 is 0 Å². The molecular formula is C18H24FN3O. The van der Waals surface area contributed by atoms with Gasteiger partial charge in [0.2, 0.25) is 0 Å². The van der Waals surface area contributed by atoms with Crippen molar-refractivity contribution in [2.24, 2.45) is 7.05 Å². The summed E-state index contributed by atoms with van der Waals surface area (Å²) >= 11 is 0. The number of imidazole rings is 1. The van der Waals surface area contributed by atoms with E-state index in [-0.39, 0.29) is 11.9 Å². The molecule has 1 aromatic carbocycles. The van der Waals surface area contributed by atoms with E-state index in [1.54, 1.807) is 12.3 Å². The Morgan fingerprint density at radius 3 is 2.78 bits per heavy atom. The van der Waals surface area contributed by atoms with Crippen molar-refractivity contribution >= 4 is 0 Å². The summed E-state index contributed by atoms with van der Waals surface area (Å²) in [5.41, 5.74) is 0.147. The third kappa shape index (κ3) is 3.79. The van der Waals surface area contributed by atoms with Gasteiger partial charge in [-0.15, -0.1) is 0 Å². The lowest BCUT2D eigenvalue weighted by molar-refractivity contribution is 0.00327. The molecule has 0 aliphatic heterocycles. The van der Waals surface area contributed by atoms with Crippen LogP contribution in [0.5, 0.6) is 0 Å². The summed E-state index contributed by atoms with van der Waals surface area (Å²) in [7, 11) is 1.92. The quantitative estimate of drug-likeness (QED) is 0.891. The third-order valence-corrected chi connectivity index (χ3v) is 4.72. The van der Waals surface area contributed by atoms with Crippen LogP contribution < -0.4 is 5.32 Å². The molecule has 1 aliphatic carbocycles. The zero-order valence-electron chi connectivity index (χ0n) is 13.5. The van der Waals surface area contributed by atoms with Gasteiger partial charge in [-0.2, -0.15) is 0 Å². The minimum absolute atomic E-state index is 0.239. The van der Waals surface area contributed by atoms with Crippen molar-refractivity contribution in [3.05, 3.63) is 53.9 Å². The van der Waals surface area contributed by atoms with Crippen molar-refractivity contribution in [2.75, 3.05) is 6.54 Å². The lowest BCUT2D eigenvalue weighted by atomic mass is 9.84. The number of halogens is 1. The van der Waals surface area contributed by atoms with Gasteiger partial charge < -0.3 is 15.0 Å². The van der Waals surface area contributed by atoms with Crippen molar-refractivity contribution in [2.45, 2.75) is 43.7 Å². The first-order chi connectivity index (χ1) is 11.1. The summed E-state index contributed by atoms with van der Waals surface area (Å²) in [6.45, 7) is 0.487. The molecule has 1 atom stereocenters. The average molecular weight is 317 g/mol. The largest absolute Gasteiger partial charge is 0.389 e. The van der Waals surface area contributed by atoms with Crippen LogP contribution in [-0.2, 0) is 7.05 Å². The van der Waals surface area contributed by atoms with E-state index in [4.69, 9.17) is 0 Å². The van der Waals surface area contributed by atoms with Crippen molar-refractivity contribution in [1.82, 2.24) is 14.9 Å². The van der Waals surface area contributed by atoms with Crippen LogP contribution in [0.1, 0.15) is 49.5 Å². The molecule has 0 amide bonds. The number of hydrogen-bond donors (Lipinski definition) is 2. The lowest BCUT2D eigenvalue weighted by Gasteiger charge is -2.34. The zero-order valence-corrected chi connectivity index (χ0v) is 13.5. The molecule has 1 fully saturated rings. The number of nitrogens with one attached hydrogen (secondary N) is 1. The molecule has 2 aromatic rings. The van der Waals surface area contributed by atoms with E-state index in [0.717, 1.165) is 37.1 Å². The SMILES string of the molecule is Cn1ccnc1C(NCC1(O)CCCCC1)c1cccc(F)c1. The fourth-order valence-electron chi connectivity index (χ4n) is 3.38. The summed E-state index contributed by atoms with van der Waals surface area (Å²) in [4.78, 5) is 4.41. The predicted molar refractivity (Wildman–Crippen MR) is 87.5 cm³/mol. The first-order valence-corrected chi connectivity index (χ1v) is 8.26. The maximum atomic E-state index is 13.6. The molecule has 0 spiro atoms. The number of aryl methyl sites for hydroxylation is 1. The van der Waals surface area contributed by atoms with E-state index in [0.29, 0.717) is 6.54 Å². The van der Waals surface area contributed by atoms with Crippen LogP contribution in [0.4, 0.5) is 4.39 Å². The second kappa shape index (κ2) is 6.81. The highest BCUT2D eigenvalue weighted by Crippen LogP contribution is 2.29. The molecule has 0 saturated heterocycles. The van der Waals surface area contributed by atoms with Crippen LogP contribution in [0.25, 0.3) is 0 Å². The second-order valence-electron chi connectivity index (χ2n) is 6.55. The molecule has 1 heterocycles. The fourth-order valence-corrected chi connectivity index (χ4v) is 3.38. The van der Waals surface area contributed by atoms with E-state index < -0.39 is 5.60 Å².